The maximum absolute atomic E-state index is 5.96. The highest BCUT2D eigenvalue weighted by Crippen LogP contribution is 2.62. The molecule has 0 aliphatic heterocycles. The Labute approximate surface area is 112 Å². The van der Waals surface area contributed by atoms with Crippen LogP contribution in [-0.2, 0) is 0 Å². The van der Waals surface area contributed by atoms with Gasteiger partial charge in [-0.05, 0) is 36.8 Å². The number of anilines is 1. The van der Waals surface area contributed by atoms with Crippen LogP contribution in [0.3, 0.4) is 0 Å². The topological polar surface area (TPSA) is 64.9 Å². The molecule has 0 spiro atoms. The van der Waals surface area contributed by atoms with Crippen molar-refractivity contribution in [3.05, 3.63) is 30.1 Å². The molecular formula is C15H17N3O. The third kappa shape index (κ3) is 1.66. The van der Waals surface area contributed by atoms with Crippen LogP contribution < -0.4 is 5.73 Å². The molecule has 4 heteroatoms. The normalized spacial score (nSPS) is 28.9. The van der Waals surface area contributed by atoms with Gasteiger partial charge in [-0.15, -0.1) is 0 Å². The van der Waals surface area contributed by atoms with Crippen molar-refractivity contribution >= 4 is 5.88 Å². The van der Waals surface area contributed by atoms with Crippen molar-refractivity contribution in [1.82, 2.24) is 10.1 Å². The van der Waals surface area contributed by atoms with Crippen molar-refractivity contribution in [3.63, 3.8) is 0 Å². The van der Waals surface area contributed by atoms with Gasteiger partial charge >= 0.3 is 0 Å². The Hall–Kier alpha value is -1.84. The highest BCUT2D eigenvalue weighted by molar-refractivity contribution is 5.73. The molecule has 2 N–H and O–H groups in total. The van der Waals surface area contributed by atoms with Gasteiger partial charge in [0.1, 0.15) is 0 Å². The third-order valence-corrected chi connectivity index (χ3v) is 4.64. The molecule has 2 aromatic rings. The number of nitrogens with zero attached hydrogens (tertiary/aromatic N) is 2. The van der Waals surface area contributed by atoms with Crippen LogP contribution in [0.25, 0.3) is 11.3 Å². The van der Waals surface area contributed by atoms with Gasteiger partial charge in [-0.1, -0.05) is 24.1 Å². The number of rotatable bonds is 2. The van der Waals surface area contributed by atoms with Gasteiger partial charge in [-0.2, -0.15) is 0 Å². The number of hydrogen-bond acceptors (Lipinski definition) is 4. The lowest BCUT2D eigenvalue weighted by Crippen LogP contribution is -1.92. The molecule has 0 bridgehead atoms. The Morgan fingerprint density at radius 1 is 1.16 bits per heavy atom. The van der Waals surface area contributed by atoms with E-state index in [2.05, 4.69) is 10.1 Å². The summed E-state index contributed by atoms with van der Waals surface area (Å²) in [4.78, 5) is 4.39. The molecule has 0 radical (unpaired) electrons. The third-order valence-electron chi connectivity index (χ3n) is 4.64. The van der Waals surface area contributed by atoms with Crippen LogP contribution in [0.5, 0.6) is 0 Å². The molecule has 2 heterocycles. The van der Waals surface area contributed by atoms with E-state index < -0.39 is 0 Å². The van der Waals surface area contributed by atoms with Gasteiger partial charge in [0.2, 0.25) is 5.88 Å². The summed E-state index contributed by atoms with van der Waals surface area (Å²) in [6, 6.07) is 5.85. The van der Waals surface area contributed by atoms with E-state index >= 15 is 0 Å². The minimum Gasteiger partial charge on any atom is -0.367 e. The van der Waals surface area contributed by atoms with Crippen LogP contribution in [0.1, 0.15) is 37.3 Å². The molecule has 2 fully saturated rings. The zero-order chi connectivity index (χ0) is 12.8. The summed E-state index contributed by atoms with van der Waals surface area (Å²) in [5.41, 5.74) is 8.79. The first-order valence-electron chi connectivity index (χ1n) is 7.02. The molecule has 2 aromatic heterocycles. The summed E-state index contributed by atoms with van der Waals surface area (Å²) in [7, 11) is 0. The lowest BCUT2D eigenvalue weighted by Gasteiger charge is -2.04. The Balaban J connectivity index is 1.75. The van der Waals surface area contributed by atoms with Crippen molar-refractivity contribution in [2.75, 3.05) is 5.73 Å². The van der Waals surface area contributed by atoms with Crippen LogP contribution in [-0.4, -0.2) is 10.1 Å². The molecular weight excluding hydrogens is 238 g/mol. The van der Waals surface area contributed by atoms with E-state index in [1.165, 1.54) is 25.7 Å². The Bertz CT molecular complexity index is 581. The van der Waals surface area contributed by atoms with Gasteiger partial charge in [-0.3, -0.25) is 4.98 Å². The summed E-state index contributed by atoms with van der Waals surface area (Å²) in [5.74, 6) is 2.53. The highest BCUT2D eigenvalue weighted by Gasteiger charge is 2.54. The molecule has 0 saturated heterocycles. The van der Waals surface area contributed by atoms with Crippen molar-refractivity contribution in [1.29, 1.82) is 0 Å². The van der Waals surface area contributed by atoms with Crippen molar-refractivity contribution in [3.8, 4) is 11.3 Å². The minimum absolute atomic E-state index is 0.400. The van der Waals surface area contributed by atoms with Gasteiger partial charge in [0.25, 0.3) is 0 Å². The summed E-state index contributed by atoms with van der Waals surface area (Å²) >= 11 is 0. The molecule has 2 atom stereocenters. The zero-order valence-corrected chi connectivity index (χ0v) is 10.7. The van der Waals surface area contributed by atoms with Crippen LogP contribution in [0, 0.1) is 11.8 Å². The summed E-state index contributed by atoms with van der Waals surface area (Å²) < 4.78 is 5.25. The number of nitrogen functional groups attached to an aromatic ring is 1. The summed E-state index contributed by atoms with van der Waals surface area (Å²) in [6.45, 7) is 0. The maximum Gasteiger partial charge on any atom is 0.231 e. The van der Waals surface area contributed by atoms with Gasteiger partial charge in [0.05, 0.1) is 17.0 Å². The first-order valence-corrected chi connectivity index (χ1v) is 7.02. The zero-order valence-electron chi connectivity index (χ0n) is 10.7. The molecule has 4 rings (SSSR count). The van der Waals surface area contributed by atoms with E-state index in [1.807, 2.05) is 18.2 Å². The average Bonchev–Trinajstić information content (AvgIpc) is 3.07. The minimum atomic E-state index is 0.400. The van der Waals surface area contributed by atoms with Gasteiger partial charge in [0.15, 0.2) is 0 Å². The van der Waals surface area contributed by atoms with Crippen molar-refractivity contribution < 1.29 is 4.52 Å². The van der Waals surface area contributed by atoms with Gasteiger partial charge < -0.3 is 10.3 Å². The number of pyridine rings is 1. The molecule has 4 nitrogen and oxygen atoms in total. The monoisotopic (exact) mass is 255 g/mol. The number of hydrogen-bond donors (Lipinski definition) is 1. The molecule has 2 aliphatic carbocycles. The van der Waals surface area contributed by atoms with E-state index in [9.17, 15) is 0 Å². The summed E-state index contributed by atoms with van der Waals surface area (Å²) in [6.07, 6.45) is 7.13. The fraction of sp³-hybridized carbons (Fsp3) is 0.467. The average molecular weight is 255 g/mol. The first-order chi connectivity index (χ1) is 9.36. The van der Waals surface area contributed by atoms with Crippen molar-refractivity contribution in [2.24, 2.45) is 11.8 Å². The lowest BCUT2D eigenvalue weighted by atomic mass is 10.0. The smallest absolute Gasteiger partial charge is 0.231 e. The fourth-order valence-electron chi connectivity index (χ4n) is 3.71. The second-order valence-electron chi connectivity index (χ2n) is 5.66. The molecule has 2 saturated carbocycles. The standard InChI is InChI=1S/C15H17N3O/c16-15-13(11-7-3-4-8-17-11)14(18-19-15)12-9-5-1-2-6-10(9)12/h3-4,7-10,12H,1-2,5-6,16H2. The number of aromatic nitrogens is 2. The molecule has 98 valence electrons. The Morgan fingerprint density at radius 2 is 1.95 bits per heavy atom. The van der Waals surface area contributed by atoms with E-state index in [0.29, 0.717) is 11.8 Å². The Kier molecular flexibility index (Phi) is 2.37. The second kappa shape index (κ2) is 4.08. The second-order valence-corrected chi connectivity index (χ2v) is 5.66. The van der Waals surface area contributed by atoms with E-state index in [1.54, 1.807) is 6.20 Å². The quantitative estimate of drug-likeness (QED) is 0.894. The van der Waals surface area contributed by atoms with Crippen LogP contribution in [0.15, 0.2) is 28.9 Å². The first kappa shape index (κ1) is 11.0. The Morgan fingerprint density at radius 3 is 2.63 bits per heavy atom. The van der Waals surface area contributed by atoms with Crippen LogP contribution in [0.2, 0.25) is 0 Å². The predicted molar refractivity (Wildman–Crippen MR) is 72.3 cm³/mol. The molecule has 2 aliphatic rings. The predicted octanol–water partition coefficient (Wildman–Crippen LogP) is 3.22. The SMILES string of the molecule is Nc1onc(C2C3CCCCC32)c1-c1ccccn1. The van der Waals surface area contributed by atoms with E-state index in [-0.39, 0.29) is 0 Å². The van der Waals surface area contributed by atoms with E-state index in [0.717, 1.165) is 28.8 Å². The fourth-order valence-corrected chi connectivity index (χ4v) is 3.71. The number of nitrogens with two attached hydrogens (primary N) is 1. The molecule has 19 heavy (non-hydrogen) atoms. The van der Waals surface area contributed by atoms with Crippen LogP contribution >= 0.6 is 0 Å². The maximum atomic E-state index is 5.96. The van der Waals surface area contributed by atoms with Gasteiger partial charge in [0, 0.05) is 12.1 Å². The van der Waals surface area contributed by atoms with Gasteiger partial charge in [-0.25, -0.2) is 0 Å². The van der Waals surface area contributed by atoms with Crippen LogP contribution in [0.4, 0.5) is 5.88 Å². The van der Waals surface area contributed by atoms with E-state index in [4.69, 9.17) is 10.3 Å². The molecule has 2 unspecified atom stereocenters. The summed E-state index contributed by atoms with van der Waals surface area (Å²) in [5, 5.41) is 4.24. The van der Waals surface area contributed by atoms with Crippen molar-refractivity contribution in [2.45, 2.75) is 31.6 Å². The number of fused-ring (bicyclic) bond motifs is 1. The highest BCUT2D eigenvalue weighted by atomic mass is 16.5. The lowest BCUT2D eigenvalue weighted by molar-refractivity contribution is 0.426. The molecule has 0 amide bonds. The largest absolute Gasteiger partial charge is 0.367 e. The molecule has 0 aromatic carbocycles.